The molecule has 2 aromatic rings. The van der Waals surface area contributed by atoms with Gasteiger partial charge in [0.15, 0.2) is 0 Å². The fourth-order valence-corrected chi connectivity index (χ4v) is 1.87. The van der Waals surface area contributed by atoms with Crippen molar-refractivity contribution in [1.82, 2.24) is 9.78 Å². The van der Waals surface area contributed by atoms with Gasteiger partial charge in [0.1, 0.15) is 0 Å². The monoisotopic (exact) mass is 272 g/mol. The Morgan fingerprint density at radius 3 is 2.92 bits per heavy atom. The van der Waals surface area contributed by atoms with Crippen molar-refractivity contribution in [2.45, 2.75) is 6.92 Å². The Kier molecular flexibility index (Phi) is 1.83. The van der Waals surface area contributed by atoms with E-state index in [4.69, 9.17) is 0 Å². The van der Waals surface area contributed by atoms with E-state index >= 15 is 0 Å². The summed E-state index contributed by atoms with van der Waals surface area (Å²) in [5.74, 6) is 0. The highest BCUT2D eigenvalue weighted by molar-refractivity contribution is 14.1. The van der Waals surface area contributed by atoms with Gasteiger partial charge in [-0.3, -0.25) is 4.68 Å². The highest BCUT2D eigenvalue weighted by Gasteiger charge is 2.04. The van der Waals surface area contributed by atoms with Gasteiger partial charge in [0.2, 0.25) is 0 Å². The maximum Gasteiger partial charge on any atom is 0.0718 e. The molecule has 3 heteroatoms. The van der Waals surface area contributed by atoms with Crippen LogP contribution in [0.1, 0.15) is 5.56 Å². The van der Waals surface area contributed by atoms with Gasteiger partial charge in [-0.05, 0) is 41.1 Å². The molecule has 0 aliphatic heterocycles. The van der Waals surface area contributed by atoms with Crippen molar-refractivity contribution in [1.29, 1.82) is 0 Å². The average molecular weight is 272 g/mol. The molecule has 1 aromatic heterocycles. The van der Waals surface area contributed by atoms with E-state index in [-0.39, 0.29) is 0 Å². The summed E-state index contributed by atoms with van der Waals surface area (Å²) in [6, 6.07) is 4.23. The normalized spacial score (nSPS) is 10.9. The predicted molar refractivity (Wildman–Crippen MR) is 58.2 cm³/mol. The summed E-state index contributed by atoms with van der Waals surface area (Å²) in [7, 11) is 1.98. The first-order chi connectivity index (χ1) is 5.70. The molecule has 12 heavy (non-hydrogen) atoms. The molecule has 0 spiro atoms. The van der Waals surface area contributed by atoms with Gasteiger partial charge in [-0.15, -0.1) is 0 Å². The highest BCUT2D eigenvalue weighted by Crippen LogP contribution is 2.21. The van der Waals surface area contributed by atoms with Gasteiger partial charge >= 0.3 is 0 Å². The van der Waals surface area contributed by atoms with Crippen LogP contribution in [0.5, 0.6) is 0 Å². The van der Waals surface area contributed by atoms with Crippen LogP contribution in [-0.4, -0.2) is 9.78 Å². The molecular formula is C9H9IN2. The van der Waals surface area contributed by atoms with Crippen molar-refractivity contribution in [2.75, 3.05) is 0 Å². The van der Waals surface area contributed by atoms with Crippen LogP contribution < -0.4 is 0 Å². The van der Waals surface area contributed by atoms with Crippen LogP contribution >= 0.6 is 22.6 Å². The minimum absolute atomic E-state index is 1.22. The van der Waals surface area contributed by atoms with Crippen LogP contribution in [-0.2, 0) is 7.05 Å². The van der Waals surface area contributed by atoms with Gasteiger partial charge in [0.25, 0.3) is 0 Å². The Labute approximate surface area is 84.7 Å². The largest absolute Gasteiger partial charge is 0.268 e. The molecule has 0 bridgehead atoms. The SMILES string of the molecule is Cc1c(I)ccc2cnn(C)c12. The number of rotatable bonds is 0. The van der Waals surface area contributed by atoms with Crippen molar-refractivity contribution in [3.63, 3.8) is 0 Å². The number of aryl methyl sites for hydroxylation is 2. The Hall–Kier alpha value is -0.580. The first kappa shape index (κ1) is 8.04. The number of aromatic nitrogens is 2. The molecule has 0 radical (unpaired) electrons. The molecule has 0 amide bonds. The smallest absolute Gasteiger partial charge is 0.0718 e. The summed E-state index contributed by atoms with van der Waals surface area (Å²) in [4.78, 5) is 0. The van der Waals surface area contributed by atoms with Gasteiger partial charge in [-0.1, -0.05) is 6.07 Å². The number of halogens is 1. The summed E-state index contributed by atoms with van der Waals surface area (Å²) < 4.78 is 3.22. The molecule has 2 rings (SSSR count). The Morgan fingerprint density at radius 2 is 2.17 bits per heavy atom. The lowest BCUT2D eigenvalue weighted by molar-refractivity contribution is 0.794. The van der Waals surface area contributed by atoms with Crippen molar-refractivity contribution >= 4 is 33.5 Å². The maximum absolute atomic E-state index is 4.21. The summed E-state index contributed by atoms with van der Waals surface area (Å²) >= 11 is 2.35. The van der Waals surface area contributed by atoms with E-state index in [1.165, 1.54) is 20.0 Å². The standard InChI is InChI=1S/C9H9IN2/c1-6-8(10)4-3-7-5-11-12(2)9(6)7/h3-5H,1-2H3. The number of hydrogen-bond acceptors (Lipinski definition) is 1. The van der Waals surface area contributed by atoms with E-state index in [9.17, 15) is 0 Å². The first-order valence-electron chi connectivity index (χ1n) is 3.77. The van der Waals surface area contributed by atoms with Crippen LogP contribution in [0.4, 0.5) is 0 Å². The number of nitrogens with zero attached hydrogens (tertiary/aromatic N) is 2. The van der Waals surface area contributed by atoms with Gasteiger partial charge in [0.05, 0.1) is 11.7 Å². The molecule has 62 valence electrons. The van der Waals surface area contributed by atoms with E-state index in [1.54, 1.807) is 0 Å². The molecule has 0 fully saturated rings. The topological polar surface area (TPSA) is 17.8 Å². The first-order valence-corrected chi connectivity index (χ1v) is 4.85. The van der Waals surface area contributed by atoms with E-state index < -0.39 is 0 Å². The number of hydrogen-bond donors (Lipinski definition) is 0. The fourth-order valence-electron chi connectivity index (χ4n) is 1.44. The Morgan fingerprint density at radius 1 is 1.42 bits per heavy atom. The zero-order chi connectivity index (χ0) is 8.72. The average Bonchev–Trinajstić information content (AvgIpc) is 2.41. The van der Waals surface area contributed by atoms with Crippen LogP contribution in [0.15, 0.2) is 18.3 Å². The second kappa shape index (κ2) is 2.73. The molecule has 0 atom stereocenters. The van der Waals surface area contributed by atoms with Crippen molar-refractivity contribution in [3.05, 3.63) is 27.5 Å². The van der Waals surface area contributed by atoms with Gasteiger partial charge in [-0.2, -0.15) is 5.10 Å². The Balaban J connectivity index is 2.96. The van der Waals surface area contributed by atoms with Crippen molar-refractivity contribution in [2.24, 2.45) is 7.05 Å². The van der Waals surface area contributed by atoms with Crippen LogP contribution in [0, 0.1) is 10.5 Å². The Bertz CT molecular complexity index is 431. The zero-order valence-corrected chi connectivity index (χ0v) is 9.16. The minimum atomic E-state index is 1.22. The summed E-state index contributed by atoms with van der Waals surface area (Å²) in [6.45, 7) is 2.13. The molecule has 0 saturated heterocycles. The third-order valence-electron chi connectivity index (χ3n) is 2.09. The van der Waals surface area contributed by atoms with E-state index in [0.29, 0.717) is 0 Å². The van der Waals surface area contributed by atoms with E-state index in [2.05, 4.69) is 46.7 Å². The molecule has 1 aromatic carbocycles. The lowest BCUT2D eigenvalue weighted by Crippen LogP contribution is -1.92. The molecular weight excluding hydrogens is 263 g/mol. The minimum Gasteiger partial charge on any atom is -0.268 e. The molecule has 0 aliphatic carbocycles. The predicted octanol–water partition coefficient (Wildman–Crippen LogP) is 2.49. The maximum atomic E-state index is 4.21. The van der Waals surface area contributed by atoms with E-state index in [1.807, 2.05) is 17.9 Å². The van der Waals surface area contributed by atoms with Gasteiger partial charge in [-0.25, -0.2) is 0 Å². The molecule has 2 nitrogen and oxygen atoms in total. The lowest BCUT2D eigenvalue weighted by atomic mass is 10.2. The molecule has 0 aliphatic rings. The third kappa shape index (κ3) is 1.03. The van der Waals surface area contributed by atoms with Crippen LogP contribution in [0.2, 0.25) is 0 Å². The second-order valence-electron chi connectivity index (χ2n) is 2.88. The number of fused-ring (bicyclic) bond motifs is 1. The second-order valence-corrected chi connectivity index (χ2v) is 4.04. The van der Waals surface area contributed by atoms with E-state index in [0.717, 1.165) is 0 Å². The number of benzene rings is 1. The van der Waals surface area contributed by atoms with Gasteiger partial charge in [0, 0.05) is 16.0 Å². The zero-order valence-electron chi connectivity index (χ0n) is 7.00. The summed E-state index contributed by atoms with van der Waals surface area (Å²) in [5.41, 5.74) is 2.55. The van der Waals surface area contributed by atoms with Crippen molar-refractivity contribution < 1.29 is 0 Å². The lowest BCUT2D eigenvalue weighted by Gasteiger charge is -2.01. The summed E-state index contributed by atoms with van der Waals surface area (Å²) in [6.07, 6.45) is 1.90. The van der Waals surface area contributed by atoms with Crippen molar-refractivity contribution in [3.8, 4) is 0 Å². The fraction of sp³-hybridized carbons (Fsp3) is 0.222. The molecule has 0 N–H and O–H groups in total. The molecule has 1 heterocycles. The summed E-state index contributed by atoms with van der Waals surface area (Å²) in [5, 5.41) is 5.43. The molecule has 0 saturated carbocycles. The quantitative estimate of drug-likeness (QED) is 0.674. The van der Waals surface area contributed by atoms with Crippen LogP contribution in [0.25, 0.3) is 10.9 Å². The van der Waals surface area contributed by atoms with Gasteiger partial charge < -0.3 is 0 Å². The molecule has 0 unspecified atom stereocenters. The van der Waals surface area contributed by atoms with Crippen LogP contribution in [0.3, 0.4) is 0 Å². The highest BCUT2D eigenvalue weighted by atomic mass is 127. The third-order valence-corrected chi connectivity index (χ3v) is 3.26.